The van der Waals surface area contributed by atoms with E-state index >= 15 is 0 Å². The number of aryl methyl sites for hydroxylation is 2. The highest BCUT2D eigenvalue weighted by molar-refractivity contribution is 7.19. The van der Waals surface area contributed by atoms with Crippen molar-refractivity contribution < 1.29 is 0 Å². The number of rotatable bonds is 4. The molecule has 0 bridgehead atoms. The van der Waals surface area contributed by atoms with Gasteiger partial charge in [0.25, 0.3) is 0 Å². The number of likely N-dealkylation sites (N-methyl/N-ethyl adjacent to an activating group) is 1. The van der Waals surface area contributed by atoms with Crippen molar-refractivity contribution in [3.63, 3.8) is 0 Å². The molecule has 0 amide bonds. The van der Waals surface area contributed by atoms with E-state index in [0.29, 0.717) is 5.28 Å². The summed E-state index contributed by atoms with van der Waals surface area (Å²) in [7, 11) is 2.09. The lowest BCUT2D eigenvalue weighted by molar-refractivity contribution is 0.700. The highest BCUT2D eigenvalue weighted by Crippen LogP contribution is 2.39. The summed E-state index contributed by atoms with van der Waals surface area (Å²) in [6, 6.07) is 4.12. The molecule has 124 valence electrons. The summed E-state index contributed by atoms with van der Waals surface area (Å²) < 4.78 is 0. The van der Waals surface area contributed by atoms with Crippen LogP contribution in [0.3, 0.4) is 0 Å². The summed E-state index contributed by atoms with van der Waals surface area (Å²) >= 11 is 7.99. The topological polar surface area (TPSA) is 41.9 Å². The summed E-state index contributed by atoms with van der Waals surface area (Å²) in [5.41, 5.74) is 2.73. The molecule has 0 unspecified atom stereocenters. The molecule has 3 aromatic heterocycles. The molecule has 0 saturated heterocycles. The van der Waals surface area contributed by atoms with Crippen molar-refractivity contribution in [2.75, 3.05) is 18.5 Å². The smallest absolute Gasteiger partial charge is 0.225 e. The van der Waals surface area contributed by atoms with E-state index < -0.39 is 0 Å². The molecule has 0 radical (unpaired) electrons. The van der Waals surface area contributed by atoms with Crippen LogP contribution in [0.15, 0.2) is 24.5 Å². The Balaban J connectivity index is 1.68. The first kappa shape index (κ1) is 15.8. The second-order valence-corrected chi connectivity index (χ2v) is 7.66. The maximum Gasteiger partial charge on any atom is 0.225 e. The van der Waals surface area contributed by atoms with Crippen LogP contribution in [0.2, 0.25) is 5.28 Å². The Hall–Kier alpha value is -1.72. The average Bonchev–Trinajstić information content (AvgIpc) is 2.98. The van der Waals surface area contributed by atoms with Crippen LogP contribution in [0.4, 0.5) is 5.82 Å². The quantitative estimate of drug-likeness (QED) is 0.652. The summed E-state index contributed by atoms with van der Waals surface area (Å²) in [6.07, 6.45) is 9.44. The van der Waals surface area contributed by atoms with E-state index in [1.807, 2.05) is 12.4 Å². The number of pyridine rings is 1. The minimum absolute atomic E-state index is 0.340. The monoisotopic (exact) mass is 358 g/mol. The maximum absolute atomic E-state index is 6.20. The zero-order valence-electron chi connectivity index (χ0n) is 13.6. The van der Waals surface area contributed by atoms with Crippen LogP contribution in [0.1, 0.15) is 28.8 Å². The Morgan fingerprint density at radius 2 is 1.96 bits per heavy atom. The van der Waals surface area contributed by atoms with E-state index in [4.69, 9.17) is 11.6 Å². The van der Waals surface area contributed by atoms with Gasteiger partial charge < -0.3 is 4.90 Å². The molecule has 24 heavy (non-hydrogen) atoms. The van der Waals surface area contributed by atoms with Gasteiger partial charge in [-0.3, -0.25) is 4.98 Å². The van der Waals surface area contributed by atoms with Crippen LogP contribution in [-0.2, 0) is 19.3 Å². The van der Waals surface area contributed by atoms with Crippen molar-refractivity contribution in [3.05, 3.63) is 45.8 Å². The van der Waals surface area contributed by atoms with Gasteiger partial charge in [-0.2, -0.15) is 4.98 Å². The predicted octanol–water partition coefficient (Wildman–Crippen LogP) is 4.30. The third-order valence-electron chi connectivity index (χ3n) is 4.62. The van der Waals surface area contributed by atoms with Crippen molar-refractivity contribution in [1.29, 1.82) is 0 Å². The molecular weight excluding hydrogens is 340 g/mol. The molecule has 3 heterocycles. The fraction of sp³-hybridized carbons (Fsp3) is 0.389. The van der Waals surface area contributed by atoms with E-state index in [1.54, 1.807) is 11.3 Å². The van der Waals surface area contributed by atoms with Gasteiger partial charge in [0.2, 0.25) is 5.28 Å². The zero-order chi connectivity index (χ0) is 16.5. The van der Waals surface area contributed by atoms with E-state index in [2.05, 4.69) is 39.0 Å². The van der Waals surface area contributed by atoms with Gasteiger partial charge in [0.05, 0.1) is 5.39 Å². The Morgan fingerprint density at radius 3 is 2.79 bits per heavy atom. The number of hydrogen-bond donors (Lipinski definition) is 0. The van der Waals surface area contributed by atoms with E-state index in [1.165, 1.54) is 34.2 Å². The number of halogens is 1. The van der Waals surface area contributed by atoms with E-state index in [-0.39, 0.29) is 0 Å². The molecule has 0 atom stereocenters. The summed E-state index contributed by atoms with van der Waals surface area (Å²) in [5, 5.41) is 1.56. The summed E-state index contributed by atoms with van der Waals surface area (Å²) in [6.45, 7) is 0.886. The molecule has 1 aliphatic rings. The van der Waals surface area contributed by atoms with Crippen molar-refractivity contribution >= 4 is 39.0 Å². The molecule has 0 saturated carbocycles. The molecule has 4 nitrogen and oxygen atoms in total. The lowest BCUT2D eigenvalue weighted by atomic mass is 9.97. The van der Waals surface area contributed by atoms with Gasteiger partial charge in [-0.05, 0) is 67.0 Å². The van der Waals surface area contributed by atoms with Gasteiger partial charge >= 0.3 is 0 Å². The lowest BCUT2D eigenvalue weighted by Crippen LogP contribution is -2.22. The number of anilines is 1. The van der Waals surface area contributed by atoms with Crippen LogP contribution in [-0.4, -0.2) is 28.5 Å². The summed E-state index contributed by atoms with van der Waals surface area (Å²) in [5.74, 6) is 0.971. The van der Waals surface area contributed by atoms with Crippen molar-refractivity contribution in [3.8, 4) is 0 Å². The molecular formula is C18H19ClN4S. The highest BCUT2D eigenvalue weighted by Gasteiger charge is 2.22. The normalized spacial score (nSPS) is 13.9. The molecule has 0 N–H and O–H groups in total. The van der Waals surface area contributed by atoms with E-state index in [9.17, 15) is 0 Å². The first-order valence-corrected chi connectivity index (χ1v) is 9.49. The fourth-order valence-electron chi connectivity index (χ4n) is 3.34. The Labute approximate surface area is 150 Å². The molecule has 0 aromatic carbocycles. The van der Waals surface area contributed by atoms with E-state index in [0.717, 1.165) is 36.5 Å². The second-order valence-electron chi connectivity index (χ2n) is 6.23. The van der Waals surface area contributed by atoms with Gasteiger partial charge in [0.1, 0.15) is 10.6 Å². The molecule has 0 aliphatic heterocycles. The minimum atomic E-state index is 0.340. The number of aromatic nitrogens is 3. The Kier molecular flexibility index (Phi) is 4.37. The highest BCUT2D eigenvalue weighted by atomic mass is 35.5. The van der Waals surface area contributed by atoms with Crippen LogP contribution in [0.5, 0.6) is 0 Å². The number of thiophene rings is 1. The SMILES string of the molecule is CN(CCc1ccncc1)c1nc(Cl)nc2sc3c(c12)CCCC3. The van der Waals surface area contributed by atoms with Crippen LogP contribution in [0, 0.1) is 0 Å². The lowest BCUT2D eigenvalue weighted by Gasteiger charge is -2.20. The zero-order valence-corrected chi connectivity index (χ0v) is 15.2. The van der Waals surface area contributed by atoms with Gasteiger partial charge in [0, 0.05) is 30.9 Å². The molecule has 4 rings (SSSR count). The van der Waals surface area contributed by atoms with Gasteiger partial charge in [-0.1, -0.05) is 0 Å². The van der Waals surface area contributed by atoms with Gasteiger partial charge in [-0.25, -0.2) is 4.98 Å². The molecule has 6 heteroatoms. The van der Waals surface area contributed by atoms with Crippen molar-refractivity contribution in [2.45, 2.75) is 32.1 Å². The fourth-order valence-corrected chi connectivity index (χ4v) is 4.81. The summed E-state index contributed by atoms with van der Waals surface area (Å²) in [4.78, 5) is 17.8. The number of fused-ring (bicyclic) bond motifs is 3. The Bertz CT molecular complexity index is 862. The maximum atomic E-state index is 6.20. The third-order valence-corrected chi connectivity index (χ3v) is 5.97. The largest absolute Gasteiger partial charge is 0.359 e. The van der Waals surface area contributed by atoms with Crippen LogP contribution < -0.4 is 4.90 Å². The Morgan fingerprint density at radius 1 is 1.17 bits per heavy atom. The average molecular weight is 359 g/mol. The van der Waals surface area contributed by atoms with Crippen molar-refractivity contribution in [2.24, 2.45) is 0 Å². The van der Waals surface area contributed by atoms with Crippen LogP contribution in [0.25, 0.3) is 10.2 Å². The molecule has 3 aromatic rings. The first-order valence-electron chi connectivity index (χ1n) is 8.30. The number of nitrogens with zero attached hydrogens (tertiary/aromatic N) is 4. The third kappa shape index (κ3) is 2.98. The number of hydrogen-bond acceptors (Lipinski definition) is 5. The minimum Gasteiger partial charge on any atom is -0.359 e. The first-order chi connectivity index (χ1) is 11.7. The standard InChI is InChI=1S/C18H19ClN4S/c1-23(11-8-12-6-9-20-10-7-12)16-15-13-4-2-3-5-14(13)24-17(15)22-18(19)21-16/h6-7,9-10H,2-5,8,11H2,1H3. The van der Waals surface area contributed by atoms with Crippen LogP contribution >= 0.6 is 22.9 Å². The molecule has 1 aliphatic carbocycles. The predicted molar refractivity (Wildman–Crippen MR) is 100 cm³/mol. The van der Waals surface area contributed by atoms with Gasteiger partial charge in [0.15, 0.2) is 0 Å². The molecule has 0 spiro atoms. The second kappa shape index (κ2) is 6.65. The van der Waals surface area contributed by atoms with Gasteiger partial charge in [-0.15, -0.1) is 11.3 Å². The molecule has 0 fully saturated rings. The van der Waals surface area contributed by atoms with Crippen molar-refractivity contribution in [1.82, 2.24) is 15.0 Å².